The maximum atomic E-state index is 4.00. The first-order valence-corrected chi connectivity index (χ1v) is 8.69. The van der Waals surface area contributed by atoms with Crippen molar-refractivity contribution in [1.29, 1.82) is 0 Å². The van der Waals surface area contributed by atoms with E-state index in [0.717, 1.165) is 12.8 Å². The molecule has 0 atom stereocenters. The standard InChI is InChI=1S/C11H16.4C2H6.C2H2/c1-4-10-6-7-11(5-2)9(3)8-10;5*1-2/h6-8H,4-5H2,1-3H3;4*1-2H3;1-2H. The Hall–Kier alpha value is -1.22. The molecule has 0 fully saturated rings. The van der Waals surface area contributed by atoms with E-state index < -0.39 is 0 Å². The lowest BCUT2D eigenvalue weighted by Gasteiger charge is -2.04. The Bertz CT molecular complexity index is 269. The summed E-state index contributed by atoms with van der Waals surface area (Å²) in [5.41, 5.74) is 4.36. The van der Waals surface area contributed by atoms with Crippen LogP contribution in [0, 0.1) is 19.8 Å². The summed E-state index contributed by atoms with van der Waals surface area (Å²) in [6.07, 6.45) is 10.3. The molecule has 0 heteroatoms. The zero-order chi connectivity index (χ0) is 18.3. The van der Waals surface area contributed by atoms with Crippen LogP contribution in [0.4, 0.5) is 0 Å². The highest BCUT2D eigenvalue weighted by molar-refractivity contribution is 5.30. The van der Waals surface area contributed by atoms with Gasteiger partial charge in [-0.25, -0.2) is 0 Å². The molecule has 1 aromatic rings. The van der Waals surface area contributed by atoms with E-state index in [1.165, 1.54) is 16.7 Å². The molecule has 0 aliphatic carbocycles. The Labute approximate surface area is 137 Å². The first-order chi connectivity index (χ1) is 10.3. The predicted octanol–water partition coefficient (Wildman–Crippen LogP) is 7.47. The molecule has 1 aromatic carbocycles. The van der Waals surface area contributed by atoms with E-state index in [9.17, 15) is 0 Å². The zero-order valence-electron chi connectivity index (χ0n) is 16.8. The Morgan fingerprint density at radius 3 is 1.33 bits per heavy atom. The molecular formula is C21H42. The van der Waals surface area contributed by atoms with Gasteiger partial charge in [0.25, 0.3) is 0 Å². The first kappa shape index (κ1) is 31.9. The summed E-state index contributed by atoms with van der Waals surface area (Å²) in [5, 5.41) is 0. The minimum absolute atomic E-state index is 1.14. The molecule has 0 spiro atoms. The topological polar surface area (TPSA) is 0 Å². The van der Waals surface area contributed by atoms with Gasteiger partial charge in [-0.2, -0.15) is 0 Å². The fraction of sp³-hybridized carbons (Fsp3) is 0.619. The van der Waals surface area contributed by atoms with Crippen LogP contribution in [-0.4, -0.2) is 0 Å². The van der Waals surface area contributed by atoms with Gasteiger partial charge in [-0.1, -0.05) is 87.4 Å². The van der Waals surface area contributed by atoms with Gasteiger partial charge in [0, 0.05) is 0 Å². The lowest BCUT2D eigenvalue weighted by atomic mass is 10.0. The van der Waals surface area contributed by atoms with Crippen LogP contribution < -0.4 is 0 Å². The van der Waals surface area contributed by atoms with Crippen LogP contribution >= 0.6 is 0 Å². The third-order valence-electron chi connectivity index (χ3n) is 2.20. The maximum absolute atomic E-state index is 4.00. The second-order valence-electron chi connectivity index (χ2n) is 2.97. The zero-order valence-corrected chi connectivity index (χ0v) is 16.8. The monoisotopic (exact) mass is 294 g/mol. The highest BCUT2D eigenvalue weighted by atomic mass is 14.0. The lowest BCUT2D eigenvalue weighted by molar-refractivity contribution is 1.07. The van der Waals surface area contributed by atoms with Crippen molar-refractivity contribution in [2.24, 2.45) is 0 Å². The van der Waals surface area contributed by atoms with E-state index in [4.69, 9.17) is 0 Å². The van der Waals surface area contributed by atoms with Crippen LogP contribution in [0.1, 0.15) is 85.9 Å². The molecule has 0 saturated heterocycles. The predicted molar refractivity (Wildman–Crippen MR) is 105 cm³/mol. The van der Waals surface area contributed by atoms with E-state index in [0.29, 0.717) is 0 Å². The van der Waals surface area contributed by atoms with E-state index in [1.54, 1.807) is 0 Å². The largest absolute Gasteiger partial charge is 0.124 e. The minimum atomic E-state index is 1.14. The van der Waals surface area contributed by atoms with E-state index >= 15 is 0 Å². The van der Waals surface area contributed by atoms with Gasteiger partial charge in [0.15, 0.2) is 0 Å². The van der Waals surface area contributed by atoms with Crippen molar-refractivity contribution >= 4 is 0 Å². The third-order valence-corrected chi connectivity index (χ3v) is 2.20. The molecule has 0 saturated carbocycles. The second kappa shape index (κ2) is 36.3. The van der Waals surface area contributed by atoms with E-state index in [2.05, 4.69) is 51.8 Å². The second-order valence-corrected chi connectivity index (χ2v) is 2.97. The highest BCUT2D eigenvalue weighted by Crippen LogP contribution is 2.11. The SMILES string of the molecule is C#C.CC.CC.CC.CC.CCc1ccc(CC)c(C)c1. The maximum Gasteiger partial charge on any atom is -0.0305 e. The van der Waals surface area contributed by atoms with Gasteiger partial charge in [-0.3, -0.25) is 0 Å². The Balaban J connectivity index is -0.0000000727. The van der Waals surface area contributed by atoms with Crippen molar-refractivity contribution < 1.29 is 0 Å². The highest BCUT2D eigenvalue weighted by Gasteiger charge is 1.95. The molecule has 1 rings (SSSR count). The number of benzene rings is 1. The quantitative estimate of drug-likeness (QED) is 0.496. The van der Waals surface area contributed by atoms with Crippen molar-refractivity contribution in [1.82, 2.24) is 0 Å². The first-order valence-electron chi connectivity index (χ1n) is 8.69. The number of aryl methyl sites for hydroxylation is 3. The van der Waals surface area contributed by atoms with Crippen LogP contribution in [0.5, 0.6) is 0 Å². The summed E-state index contributed by atoms with van der Waals surface area (Å²) in [7, 11) is 0. The van der Waals surface area contributed by atoms with Crippen LogP contribution in [0.15, 0.2) is 18.2 Å². The van der Waals surface area contributed by atoms with Gasteiger partial charge in [-0.05, 0) is 36.5 Å². The molecule has 0 radical (unpaired) electrons. The smallest absolute Gasteiger partial charge is 0.0305 e. The summed E-state index contributed by atoms with van der Waals surface area (Å²) < 4.78 is 0. The Morgan fingerprint density at radius 1 is 0.714 bits per heavy atom. The van der Waals surface area contributed by atoms with Gasteiger partial charge in [0.05, 0.1) is 0 Å². The number of hydrogen-bond donors (Lipinski definition) is 0. The van der Waals surface area contributed by atoms with Crippen LogP contribution in [0.2, 0.25) is 0 Å². The van der Waals surface area contributed by atoms with Crippen molar-refractivity contribution in [3.8, 4) is 12.8 Å². The summed E-state index contributed by atoms with van der Waals surface area (Å²) >= 11 is 0. The van der Waals surface area contributed by atoms with Crippen LogP contribution in [0.25, 0.3) is 0 Å². The van der Waals surface area contributed by atoms with E-state index in [1.807, 2.05) is 55.4 Å². The van der Waals surface area contributed by atoms with Crippen LogP contribution in [-0.2, 0) is 12.8 Å². The molecule has 126 valence electrons. The normalized spacial score (nSPS) is 6.52. The fourth-order valence-electron chi connectivity index (χ4n) is 1.37. The molecular weight excluding hydrogens is 252 g/mol. The molecule has 0 aliphatic heterocycles. The fourth-order valence-corrected chi connectivity index (χ4v) is 1.37. The lowest BCUT2D eigenvalue weighted by Crippen LogP contribution is -1.88. The van der Waals surface area contributed by atoms with Gasteiger partial charge in [0.2, 0.25) is 0 Å². The summed E-state index contributed by atoms with van der Waals surface area (Å²) in [5.74, 6) is 0. The Morgan fingerprint density at radius 2 is 1.10 bits per heavy atom. The average molecular weight is 295 g/mol. The molecule has 0 bridgehead atoms. The molecule has 21 heavy (non-hydrogen) atoms. The van der Waals surface area contributed by atoms with Gasteiger partial charge in [0.1, 0.15) is 0 Å². The van der Waals surface area contributed by atoms with Crippen molar-refractivity contribution in [2.75, 3.05) is 0 Å². The molecule has 0 nitrogen and oxygen atoms in total. The Kier molecular flexibility index (Phi) is 55.3. The minimum Gasteiger partial charge on any atom is -0.124 e. The number of hydrogen-bond acceptors (Lipinski definition) is 0. The molecule has 0 amide bonds. The molecule has 0 heterocycles. The summed E-state index contributed by atoms with van der Waals surface area (Å²) in [6, 6.07) is 6.76. The van der Waals surface area contributed by atoms with Crippen molar-refractivity contribution in [2.45, 2.75) is 89.0 Å². The average Bonchev–Trinajstić information content (AvgIpc) is 2.63. The van der Waals surface area contributed by atoms with E-state index in [-0.39, 0.29) is 0 Å². The molecule has 0 aromatic heterocycles. The number of rotatable bonds is 2. The number of terminal acetylenes is 1. The molecule has 0 N–H and O–H groups in total. The van der Waals surface area contributed by atoms with Crippen molar-refractivity contribution in [3.63, 3.8) is 0 Å². The van der Waals surface area contributed by atoms with Gasteiger partial charge in [-0.15, -0.1) is 12.8 Å². The van der Waals surface area contributed by atoms with Gasteiger partial charge < -0.3 is 0 Å². The van der Waals surface area contributed by atoms with Gasteiger partial charge >= 0.3 is 0 Å². The third kappa shape index (κ3) is 21.2. The van der Waals surface area contributed by atoms with Crippen molar-refractivity contribution in [3.05, 3.63) is 34.9 Å². The molecule has 0 aliphatic rings. The summed E-state index contributed by atoms with van der Waals surface area (Å²) in [6.45, 7) is 22.6. The van der Waals surface area contributed by atoms with Crippen LogP contribution in [0.3, 0.4) is 0 Å². The summed E-state index contributed by atoms with van der Waals surface area (Å²) in [4.78, 5) is 0. The molecule has 0 unspecified atom stereocenters.